The highest BCUT2D eigenvalue weighted by Crippen LogP contribution is 2.29. The Morgan fingerprint density at radius 3 is 2.58 bits per heavy atom. The van der Waals surface area contributed by atoms with Gasteiger partial charge in [-0.2, -0.15) is 0 Å². The number of carbonyl (C=O) groups excluding carboxylic acids is 2. The number of rotatable bonds is 7. The van der Waals surface area contributed by atoms with Crippen LogP contribution in [0.25, 0.3) is 0 Å². The smallest absolute Gasteiger partial charge is 0.409 e. The summed E-state index contributed by atoms with van der Waals surface area (Å²) in [5.41, 5.74) is 2.00. The van der Waals surface area contributed by atoms with Gasteiger partial charge in [0.1, 0.15) is 0 Å². The lowest BCUT2D eigenvalue weighted by atomic mass is 10.1. The van der Waals surface area contributed by atoms with Gasteiger partial charge in [-0.25, -0.2) is 9.78 Å². The Balaban J connectivity index is 1.41. The molecule has 2 amide bonds. The lowest BCUT2D eigenvalue weighted by Gasteiger charge is -2.34. The minimum Gasteiger partial charge on any atom is -0.450 e. The number of piperazine rings is 1. The molecule has 176 valence electrons. The van der Waals surface area contributed by atoms with E-state index in [1.807, 2.05) is 30.3 Å². The maximum Gasteiger partial charge on any atom is 0.409 e. The van der Waals surface area contributed by atoms with Gasteiger partial charge in [0, 0.05) is 44.9 Å². The summed E-state index contributed by atoms with van der Waals surface area (Å²) in [6.45, 7) is 4.53. The molecule has 2 aromatic rings. The fourth-order valence-corrected chi connectivity index (χ4v) is 5.87. The molecule has 0 atom stereocenters. The van der Waals surface area contributed by atoms with Crippen LogP contribution >= 0.6 is 23.5 Å². The highest BCUT2D eigenvalue weighted by molar-refractivity contribution is 8.00. The number of thioether (sulfide) groups is 2. The molecule has 0 aliphatic carbocycles. The highest BCUT2D eigenvalue weighted by atomic mass is 32.2. The zero-order valence-electron chi connectivity index (χ0n) is 18.7. The molecule has 0 bridgehead atoms. The molecule has 2 aliphatic heterocycles. The van der Waals surface area contributed by atoms with E-state index in [9.17, 15) is 14.4 Å². The van der Waals surface area contributed by atoms with Crippen molar-refractivity contribution in [2.24, 2.45) is 0 Å². The van der Waals surface area contributed by atoms with Crippen LogP contribution in [-0.2, 0) is 28.9 Å². The molecular formula is C23H28N4O4S2. The summed E-state index contributed by atoms with van der Waals surface area (Å²) in [6.07, 6.45) is 1.18. The SMILES string of the molecule is CCOC(=O)N1CCN(C(=O)CSc2nc3c(c(=O)n2CCc2ccccc2)SCC3)CC1. The van der Waals surface area contributed by atoms with Crippen LogP contribution in [0.3, 0.4) is 0 Å². The van der Waals surface area contributed by atoms with E-state index in [2.05, 4.69) is 0 Å². The van der Waals surface area contributed by atoms with E-state index in [0.29, 0.717) is 44.5 Å². The predicted octanol–water partition coefficient (Wildman–Crippen LogP) is 2.53. The summed E-state index contributed by atoms with van der Waals surface area (Å²) in [5, 5.41) is 0.607. The van der Waals surface area contributed by atoms with E-state index in [4.69, 9.17) is 9.72 Å². The van der Waals surface area contributed by atoms with Crippen molar-refractivity contribution in [2.45, 2.75) is 36.4 Å². The van der Waals surface area contributed by atoms with Crippen molar-refractivity contribution in [1.29, 1.82) is 0 Å². The number of ether oxygens (including phenoxy) is 1. The van der Waals surface area contributed by atoms with Gasteiger partial charge in [-0.15, -0.1) is 11.8 Å². The van der Waals surface area contributed by atoms with Crippen molar-refractivity contribution in [3.63, 3.8) is 0 Å². The molecular weight excluding hydrogens is 460 g/mol. The van der Waals surface area contributed by atoms with E-state index in [1.165, 1.54) is 11.8 Å². The Labute approximate surface area is 201 Å². The third kappa shape index (κ3) is 5.73. The fraction of sp³-hybridized carbons (Fsp3) is 0.478. The van der Waals surface area contributed by atoms with Gasteiger partial charge in [-0.1, -0.05) is 42.1 Å². The molecule has 1 aromatic heterocycles. The van der Waals surface area contributed by atoms with Crippen LogP contribution in [0.4, 0.5) is 4.79 Å². The minimum absolute atomic E-state index is 0.00330. The molecule has 1 fully saturated rings. The lowest BCUT2D eigenvalue weighted by molar-refractivity contribution is -0.129. The van der Waals surface area contributed by atoms with Crippen LogP contribution in [0.5, 0.6) is 0 Å². The molecule has 33 heavy (non-hydrogen) atoms. The van der Waals surface area contributed by atoms with Crippen LogP contribution in [-0.4, -0.2) is 75.6 Å². The van der Waals surface area contributed by atoms with Crippen LogP contribution in [0.1, 0.15) is 18.2 Å². The van der Waals surface area contributed by atoms with Crippen molar-refractivity contribution < 1.29 is 14.3 Å². The largest absolute Gasteiger partial charge is 0.450 e. The van der Waals surface area contributed by atoms with Crippen molar-refractivity contribution in [2.75, 3.05) is 44.3 Å². The Bertz CT molecular complexity index is 1050. The molecule has 3 heterocycles. The van der Waals surface area contributed by atoms with Gasteiger partial charge in [0.25, 0.3) is 5.56 Å². The molecule has 1 saturated heterocycles. The molecule has 10 heteroatoms. The summed E-state index contributed by atoms with van der Waals surface area (Å²) in [5.74, 6) is 1.07. The van der Waals surface area contributed by atoms with Crippen molar-refractivity contribution in [3.05, 3.63) is 51.9 Å². The van der Waals surface area contributed by atoms with Gasteiger partial charge in [0.2, 0.25) is 5.91 Å². The minimum atomic E-state index is -0.332. The number of aromatic nitrogens is 2. The van der Waals surface area contributed by atoms with E-state index >= 15 is 0 Å². The van der Waals surface area contributed by atoms with E-state index < -0.39 is 0 Å². The second-order valence-electron chi connectivity index (χ2n) is 7.82. The number of hydrogen-bond acceptors (Lipinski definition) is 7. The van der Waals surface area contributed by atoms with E-state index in [1.54, 1.807) is 33.1 Å². The molecule has 0 spiro atoms. The molecule has 0 unspecified atom stereocenters. The first-order valence-corrected chi connectivity index (χ1v) is 13.2. The average Bonchev–Trinajstić information content (AvgIpc) is 3.32. The van der Waals surface area contributed by atoms with Gasteiger partial charge in [-0.3, -0.25) is 14.2 Å². The molecule has 0 N–H and O–H groups in total. The van der Waals surface area contributed by atoms with Crippen molar-refractivity contribution in [1.82, 2.24) is 19.4 Å². The van der Waals surface area contributed by atoms with Gasteiger partial charge in [0.05, 0.1) is 22.9 Å². The number of carbonyl (C=O) groups is 2. The monoisotopic (exact) mass is 488 g/mol. The molecule has 2 aliphatic rings. The molecule has 0 radical (unpaired) electrons. The number of benzene rings is 1. The number of aryl methyl sites for hydroxylation is 2. The van der Waals surface area contributed by atoms with Crippen LogP contribution in [0.15, 0.2) is 45.2 Å². The van der Waals surface area contributed by atoms with E-state index in [0.717, 1.165) is 34.7 Å². The standard InChI is InChI=1S/C23H28N4O4S2/c1-2-31-23(30)26-13-11-25(12-14-26)19(28)16-33-22-24-18-9-15-32-20(18)21(29)27(22)10-8-17-6-4-3-5-7-17/h3-7H,2,8-16H2,1H3. The zero-order chi connectivity index (χ0) is 23.2. The molecule has 0 saturated carbocycles. The summed E-state index contributed by atoms with van der Waals surface area (Å²) >= 11 is 2.89. The van der Waals surface area contributed by atoms with Gasteiger partial charge < -0.3 is 14.5 Å². The second kappa shape index (κ2) is 11.1. The summed E-state index contributed by atoms with van der Waals surface area (Å²) < 4.78 is 6.76. The van der Waals surface area contributed by atoms with Crippen LogP contribution < -0.4 is 5.56 Å². The van der Waals surface area contributed by atoms with Crippen LogP contribution in [0.2, 0.25) is 0 Å². The Morgan fingerprint density at radius 1 is 1.12 bits per heavy atom. The third-order valence-corrected chi connectivity index (χ3v) is 7.77. The first kappa shape index (κ1) is 23.7. The maximum atomic E-state index is 13.1. The number of fused-ring (bicyclic) bond motifs is 1. The lowest BCUT2D eigenvalue weighted by Crippen LogP contribution is -2.51. The number of nitrogens with zero attached hydrogens (tertiary/aromatic N) is 4. The normalized spacial score (nSPS) is 15.4. The Kier molecular flexibility index (Phi) is 7.97. The quantitative estimate of drug-likeness (QED) is 0.437. The van der Waals surface area contributed by atoms with Gasteiger partial charge in [0.15, 0.2) is 5.16 Å². The van der Waals surface area contributed by atoms with Crippen molar-refractivity contribution in [3.8, 4) is 0 Å². The topological polar surface area (TPSA) is 84.7 Å². The average molecular weight is 489 g/mol. The molecule has 4 rings (SSSR count). The third-order valence-electron chi connectivity index (χ3n) is 5.70. The molecule has 8 nitrogen and oxygen atoms in total. The van der Waals surface area contributed by atoms with Crippen molar-refractivity contribution >= 4 is 35.5 Å². The molecule has 1 aromatic carbocycles. The predicted molar refractivity (Wildman–Crippen MR) is 129 cm³/mol. The second-order valence-corrected chi connectivity index (χ2v) is 9.86. The summed E-state index contributed by atoms with van der Waals surface area (Å²) in [6, 6.07) is 10.1. The first-order valence-electron chi connectivity index (χ1n) is 11.2. The summed E-state index contributed by atoms with van der Waals surface area (Å²) in [7, 11) is 0. The highest BCUT2D eigenvalue weighted by Gasteiger charge is 2.26. The fourth-order valence-electron chi connectivity index (χ4n) is 3.89. The van der Waals surface area contributed by atoms with Crippen LogP contribution in [0, 0.1) is 0 Å². The van der Waals surface area contributed by atoms with Gasteiger partial charge in [-0.05, 0) is 18.9 Å². The Morgan fingerprint density at radius 2 is 1.85 bits per heavy atom. The number of amides is 2. The Hall–Kier alpha value is -2.46. The summed E-state index contributed by atoms with van der Waals surface area (Å²) in [4.78, 5) is 46.7. The number of hydrogen-bond donors (Lipinski definition) is 0. The van der Waals surface area contributed by atoms with E-state index in [-0.39, 0.29) is 23.3 Å². The zero-order valence-corrected chi connectivity index (χ0v) is 20.3. The van der Waals surface area contributed by atoms with Gasteiger partial charge >= 0.3 is 6.09 Å². The maximum absolute atomic E-state index is 13.1. The first-order chi connectivity index (χ1) is 16.1.